The Kier molecular flexibility index (Phi) is 4.58. The third-order valence-electron chi connectivity index (χ3n) is 3.26. The second kappa shape index (κ2) is 6.60. The quantitative estimate of drug-likeness (QED) is 0.868. The summed E-state index contributed by atoms with van der Waals surface area (Å²) in [6.07, 6.45) is 0. The zero-order chi connectivity index (χ0) is 14.7. The molecule has 0 fully saturated rings. The van der Waals surface area contributed by atoms with Crippen molar-refractivity contribution in [2.24, 2.45) is 5.73 Å². The molecule has 0 unspecified atom stereocenters. The fourth-order valence-electron chi connectivity index (χ4n) is 2.11. The van der Waals surface area contributed by atoms with Crippen LogP contribution in [0.25, 0.3) is 0 Å². The first-order valence-corrected chi connectivity index (χ1v) is 8.12. The molecule has 1 aliphatic rings. The van der Waals surface area contributed by atoms with E-state index in [4.69, 9.17) is 26.8 Å². The molecule has 0 saturated heterocycles. The van der Waals surface area contributed by atoms with Crippen molar-refractivity contribution < 1.29 is 9.47 Å². The van der Waals surface area contributed by atoms with Crippen molar-refractivity contribution in [3.8, 4) is 11.5 Å². The van der Waals surface area contributed by atoms with Crippen LogP contribution in [0.15, 0.2) is 41.3 Å². The van der Waals surface area contributed by atoms with Gasteiger partial charge in [0, 0.05) is 22.2 Å². The Morgan fingerprint density at radius 3 is 2.62 bits per heavy atom. The second-order valence-corrected chi connectivity index (χ2v) is 6.18. The molecule has 21 heavy (non-hydrogen) atoms. The summed E-state index contributed by atoms with van der Waals surface area (Å²) >= 11 is 8.00. The first-order valence-electron chi connectivity index (χ1n) is 6.76. The minimum absolute atomic E-state index is 0.509. The highest BCUT2D eigenvalue weighted by molar-refractivity contribution is 7.98. The van der Waals surface area contributed by atoms with E-state index in [-0.39, 0.29) is 0 Å². The summed E-state index contributed by atoms with van der Waals surface area (Å²) < 4.78 is 11.1. The standard InChI is InChI=1S/C16H16ClNO2S/c17-14-7-11(9-18)1-2-12(14)10-21-13-3-4-15-16(8-13)20-6-5-19-15/h1-4,7-8H,5-6,9-10,18H2. The number of rotatable bonds is 4. The van der Waals surface area contributed by atoms with Crippen LogP contribution in [0.5, 0.6) is 11.5 Å². The molecule has 0 amide bonds. The van der Waals surface area contributed by atoms with Gasteiger partial charge in [-0.2, -0.15) is 0 Å². The molecule has 0 atom stereocenters. The van der Waals surface area contributed by atoms with Crippen molar-refractivity contribution in [1.29, 1.82) is 0 Å². The summed E-state index contributed by atoms with van der Waals surface area (Å²) in [6, 6.07) is 12.0. The Morgan fingerprint density at radius 2 is 1.86 bits per heavy atom. The number of fused-ring (bicyclic) bond motifs is 1. The first-order chi connectivity index (χ1) is 10.3. The Hall–Kier alpha value is -1.36. The van der Waals surface area contributed by atoms with E-state index in [9.17, 15) is 0 Å². The van der Waals surface area contributed by atoms with Crippen LogP contribution < -0.4 is 15.2 Å². The third-order valence-corrected chi connectivity index (χ3v) is 4.66. The Morgan fingerprint density at radius 1 is 1.05 bits per heavy atom. The van der Waals surface area contributed by atoms with Gasteiger partial charge in [0.15, 0.2) is 11.5 Å². The molecule has 2 N–H and O–H groups in total. The van der Waals surface area contributed by atoms with Gasteiger partial charge in [0.1, 0.15) is 13.2 Å². The summed E-state index contributed by atoms with van der Waals surface area (Å²) in [5.41, 5.74) is 7.76. The van der Waals surface area contributed by atoms with Gasteiger partial charge in [-0.15, -0.1) is 11.8 Å². The highest BCUT2D eigenvalue weighted by Crippen LogP contribution is 2.35. The lowest BCUT2D eigenvalue weighted by Crippen LogP contribution is -2.15. The highest BCUT2D eigenvalue weighted by atomic mass is 35.5. The average Bonchev–Trinajstić information content (AvgIpc) is 2.53. The maximum absolute atomic E-state index is 6.28. The molecule has 0 bridgehead atoms. The number of hydrogen-bond acceptors (Lipinski definition) is 4. The molecule has 3 rings (SSSR count). The lowest BCUT2D eigenvalue weighted by molar-refractivity contribution is 0.171. The van der Waals surface area contributed by atoms with Gasteiger partial charge in [0.2, 0.25) is 0 Å². The molecule has 1 aliphatic heterocycles. The smallest absolute Gasteiger partial charge is 0.162 e. The van der Waals surface area contributed by atoms with Crippen LogP contribution in [0.4, 0.5) is 0 Å². The Bertz CT molecular complexity index is 648. The van der Waals surface area contributed by atoms with Gasteiger partial charge >= 0.3 is 0 Å². The monoisotopic (exact) mass is 321 g/mol. The summed E-state index contributed by atoms with van der Waals surface area (Å²) in [5.74, 6) is 2.44. The molecule has 2 aromatic carbocycles. The molecule has 5 heteroatoms. The lowest BCUT2D eigenvalue weighted by Gasteiger charge is -2.18. The van der Waals surface area contributed by atoms with Gasteiger partial charge in [-0.05, 0) is 35.4 Å². The number of thioether (sulfide) groups is 1. The van der Waals surface area contributed by atoms with E-state index in [1.807, 2.05) is 36.4 Å². The van der Waals surface area contributed by atoms with Gasteiger partial charge in [0.05, 0.1) is 0 Å². The largest absolute Gasteiger partial charge is 0.486 e. The number of hydrogen-bond donors (Lipinski definition) is 1. The average molecular weight is 322 g/mol. The van der Waals surface area contributed by atoms with E-state index >= 15 is 0 Å². The molecule has 1 heterocycles. The number of benzene rings is 2. The third kappa shape index (κ3) is 3.46. The van der Waals surface area contributed by atoms with Crippen molar-refractivity contribution in [3.63, 3.8) is 0 Å². The van der Waals surface area contributed by atoms with Gasteiger partial charge in [-0.25, -0.2) is 0 Å². The minimum Gasteiger partial charge on any atom is -0.486 e. The molecule has 0 radical (unpaired) electrons. The zero-order valence-electron chi connectivity index (χ0n) is 11.5. The minimum atomic E-state index is 0.509. The summed E-state index contributed by atoms with van der Waals surface area (Å²) in [6.45, 7) is 1.73. The van der Waals surface area contributed by atoms with Crippen molar-refractivity contribution in [3.05, 3.63) is 52.5 Å². The van der Waals surface area contributed by atoms with Gasteiger partial charge in [-0.1, -0.05) is 23.7 Å². The van der Waals surface area contributed by atoms with Crippen LogP contribution in [-0.2, 0) is 12.3 Å². The van der Waals surface area contributed by atoms with Crippen LogP contribution in [-0.4, -0.2) is 13.2 Å². The van der Waals surface area contributed by atoms with Crippen LogP contribution in [0.3, 0.4) is 0 Å². The van der Waals surface area contributed by atoms with Gasteiger partial charge < -0.3 is 15.2 Å². The van der Waals surface area contributed by atoms with E-state index in [0.29, 0.717) is 19.8 Å². The molecular formula is C16H16ClNO2S. The van der Waals surface area contributed by atoms with Gasteiger partial charge in [0.25, 0.3) is 0 Å². The van der Waals surface area contributed by atoms with Crippen LogP contribution in [0, 0.1) is 0 Å². The molecule has 0 spiro atoms. The number of nitrogens with two attached hydrogens (primary N) is 1. The van der Waals surface area contributed by atoms with Crippen molar-refractivity contribution in [2.45, 2.75) is 17.2 Å². The lowest BCUT2D eigenvalue weighted by atomic mass is 10.1. The zero-order valence-corrected chi connectivity index (χ0v) is 13.0. The predicted molar refractivity (Wildman–Crippen MR) is 86.3 cm³/mol. The second-order valence-electron chi connectivity index (χ2n) is 4.72. The molecular weight excluding hydrogens is 306 g/mol. The van der Waals surface area contributed by atoms with Crippen molar-refractivity contribution >= 4 is 23.4 Å². The molecule has 0 aromatic heterocycles. The molecule has 0 saturated carbocycles. The molecule has 2 aromatic rings. The fourth-order valence-corrected chi connectivity index (χ4v) is 3.39. The van der Waals surface area contributed by atoms with E-state index in [1.165, 1.54) is 0 Å². The van der Waals surface area contributed by atoms with Crippen LogP contribution >= 0.6 is 23.4 Å². The Balaban J connectivity index is 1.70. The molecule has 110 valence electrons. The normalized spacial score (nSPS) is 13.2. The van der Waals surface area contributed by atoms with E-state index in [2.05, 4.69) is 0 Å². The number of ether oxygens (including phenoxy) is 2. The highest BCUT2D eigenvalue weighted by Gasteiger charge is 2.12. The van der Waals surface area contributed by atoms with E-state index < -0.39 is 0 Å². The fraction of sp³-hybridized carbons (Fsp3) is 0.250. The predicted octanol–water partition coefficient (Wildman–Crippen LogP) is 3.86. The van der Waals surface area contributed by atoms with Gasteiger partial charge in [-0.3, -0.25) is 0 Å². The maximum Gasteiger partial charge on any atom is 0.162 e. The summed E-state index contributed by atoms with van der Waals surface area (Å²) in [7, 11) is 0. The Labute approximate surface area is 133 Å². The summed E-state index contributed by atoms with van der Waals surface area (Å²) in [5, 5.41) is 0.767. The van der Waals surface area contributed by atoms with E-state index in [1.54, 1.807) is 11.8 Å². The molecule has 0 aliphatic carbocycles. The van der Waals surface area contributed by atoms with E-state index in [0.717, 1.165) is 38.3 Å². The summed E-state index contributed by atoms with van der Waals surface area (Å²) in [4.78, 5) is 1.14. The maximum atomic E-state index is 6.28. The molecule has 3 nitrogen and oxygen atoms in total. The van der Waals surface area contributed by atoms with Crippen molar-refractivity contribution in [1.82, 2.24) is 0 Å². The number of halogens is 1. The SMILES string of the molecule is NCc1ccc(CSc2ccc3c(c2)OCCO3)c(Cl)c1. The first kappa shape index (κ1) is 14.6. The van der Waals surface area contributed by atoms with Crippen LogP contribution in [0.2, 0.25) is 5.02 Å². The topological polar surface area (TPSA) is 44.5 Å². The van der Waals surface area contributed by atoms with Crippen LogP contribution in [0.1, 0.15) is 11.1 Å². The van der Waals surface area contributed by atoms with Crippen molar-refractivity contribution in [2.75, 3.05) is 13.2 Å².